The number of carbonyl (C=O) groups is 1. The molecule has 2 aliphatic rings. The maximum atomic E-state index is 14.1. The maximum absolute atomic E-state index is 14.1. The first kappa shape index (κ1) is 30.8. The molecule has 0 bridgehead atoms. The number of nitrogens with one attached hydrogen (secondary N) is 2. The van der Waals surface area contributed by atoms with Gasteiger partial charge in [-0.25, -0.2) is 14.3 Å². The van der Waals surface area contributed by atoms with Crippen LogP contribution in [0, 0.1) is 0 Å². The Kier molecular flexibility index (Phi) is 8.33. The number of hydrogen-bond donors (Lipinski definition) is 2. The van der Waals surface area contributed by atoms with Gasteiger partial charge in [-0.3, -0.25) is 4.90 Å². The molecule has 1 saturated heterocycles. The van der Waals surface area contributed by atoms with Crippen LogP contribution in [0.3, 0.4) is 0 Å². The van der Waals surface area contributed by atoms with Gasteiger partial charge in [0.25, 0.3) is 0 Å². The molecule has 1 fully saturated rings. The van der Waals surface area contributed by atoms with E-state index in [-0.39, 0.29) is 17.8 Å². The second kappa shape index (κ2) is 12.7. The van der Waals surface area contributed by atoms with Crippen molar-refractivity contribution in [3.05, 3.63) is 95.7 Å². The zero-order chi connectivity index (χ0) is 32.5. The van der Waals surface area contributed by atoms with E-state index in [2.05, 4.69) is 32.2 Å². The molecular formula is C34H35F3N8O2. The number of likely N-dealkylation sites (N-methyl/N-ethyl adjacent to an activating group) is 1. The number of alkyl halides is 3. The maximum Gasteiger partial charge on any atom is 0.416 e. The molecule has 0 spiro atoms. The van der Waals surface area contributed by atoms with Gasteiger partial charge < -0.3 is 24.8 Å². The van der Waals surface area contributed by atoms with Crippen LogP contribution in [0.2, 0.25) is 0 Å². The zero-order valence-corrected chi connectivity index (χ0v) is 25.9. The monoisotopic (exact) mass is 644 g/mol. The van der Waals surface area contributed by atoms with E-state index in [0.29, 0.717) is 31.0 Å². The molecule has 2 amide bonds. The van der Waals surface area contributed by atoms with Crippen molar-refractivity contribution in [2.24, 2.45) is 0 Å². The lowest BCUT2D eigenvalue weighted by atomic mass is 9.99. The number of hydrogen-bond acceptors (Lipinski definition) is 6. The topological polar surface area (TPSA) is 94.0 Å². The SMILES string of the molecule is CCN1CCN(Cc2ccc(NC(=O)N3CCc4ccc(Oc5ccnn6cc(-c7c[nH]cn7)cc56)cc4C3)cc2C(F)(F)F)CC1. The van der Waals surface area contributed by atoms with Crippen molar-refractivity contribution in [3.8, 4) is 22.8 Å². The molecule has 2 N–H and O–H groups in total. The van der Waals surface area contributed by atoms with Gasteiger partial charge in [-0.1, -0.05) is 19.1 Å². The van der Waals surface area contributed by atoms with Crippen molar-refractivity contribution in [1.29, 1.82) is 0 Å². The van der Waals surface area contributed by atoms with E-state index in [1.807, 2.05) is 35.4 Å². The number of piperazine rings is 1. The largest absolute Gasteiger partial charge is 0.455 e. The smallest absolute Gasteiger partial charge is 0.416 e. The van der Waals surface area contributed by atoms with E-state index in [1.165, 1.54) is 6.07 Å². The van der Waals surface area contributed by atoms with Crippen LogP contribution in [0.4, 0.5) is 23.7 Å². The van der Waals surface area contributed by atoms with Crippen LogP contribution >= 0.6 is 0 Å². The van der Waals surface area contributed by atoms with Crippen molar-refractivity contribution in [2.75, 3.05) is 44.6 Å². The van der Waals surface area contributed by atoms with E-state index < -0.39 is 17.8 Å². The molecule has 0 aliphatic carbocycles. The highest BCUT2D eigenvalue weighted by Crippen LogP contribution is 2.35. The molecule has 10 nitrogen and oxygen atoms in total. The number of halogens is 3. The number of nitrogens with zero attached hydrogens (tertiary/aromatic N) is 6. The van der Waals surface area contributed by atoms with Crippen LogP contribution in [-0.4, -0.2) is 79.6 Å². The average Bonchev–Trinajstić information content (AvgIpc) is 3.76. The molecule has 13 heteroatoms. The molecule has 0 radical (unpaired) electrons. The first-order valence-electron chi connectivity index (χ1n) is 15.7. The first-order valence-corrected chi connectivity index (χ1v) is 15.7. The second-order valence-electron chi connectivity index (χ2n) is 11.9. The number of imidazole rings is 1. The summed E-state index contributed by atoms with van der Waals surface area (Å²) >= 11 is 0. The number of amides is 2. The molecule has 3 aromatic heterocycles. The lowest BCUT2D eigenvalue weighted by Crippen LogP contribution is -2.45. The highest BCUT2D eigenvalue weighted by Gasteiger charge is 2.34. The average molecular weight is 645 g/mol. The highest BCUT2D eigenvalue weighted by molar-refractivity contribution is 5.89. The van der Waals surface area contributed by atoms with Crippen molar-refractivity contribution in [1.82, 2.24) is 34.3 Å². The number of anilines is 1. The van der Waals surface area contributed by atoms with E-state index in [9.17, 15) is 18.0 Å². The van der Waals surface area contributed by atoms with Gasteiger partial charge >= 0.3 is 12.2 Å². The number of rotatable bonds is 7. The molecule has 7 rings (SSSR count). The Morgan fingerprint density at radius 1 is 1.00 bits per heavy atom. The Hall–Kier alpha value is -4.88. The Balaban J connectivity index is 1.04. The summed E-state index contributed by atoms with van der Waals surface area (Å²) in [6, 6.07) is 13.2. The fourth-order valence-electron chi connectivity index (χ4n) is 6.29. The zero-order valence-electron chi connectivity index (χ0n) is 25.9. The molecule has 2 aromatic carbocycles. The van der Waals surface area contributed by atoms with Gasteiger partial charge in [0, 0.05) is 75.5 Å². The Morgan fingerprint density at radius 3 is 2.60 bits per heavy atom. The Bertz CT molecular complexity index is 1880. The minimum Gasteiger partial charge on any atom is -0.455 e. The lowest BCUT2D eigenvalue weighted by Gasteiger charge is -2.34. The van der Waals surface area contributed by atoms with Crippen LogP contribution in [0.5, 0.6) is 11.5 Å². The number of urea groups is 1. The van der Waals surface area contributed by atoms with Gasteiger partial charge in [0.15, 0.2) is 5.75 Å². The number of aromatic nitrogens is 4. The number of H-pyrrole nitrogens is 1. The fraction of sp³-hybridized carbons (Fsp3) is 0.324. The number of carbonyl (C=O) groups excluding carboxylic acids is 1. The molecule has 0 atom stereocenters. The third kappa shape index (κ3) is 6.67. The van der Waals surface area contributed by atoms with Crippen LogP contribution in [0.25, 0.3) is 16.8 Å². The quantitative estimate of drug-likeness (QED) is 0.217. The molecule has 2 aliphatic heterocycles. The second-order valence-corrected chi connectivity index (χ2v) is 11.9. The van der Waals surface area contributed by atoms with Gasteiger partial charge in [-0.05, 0) is 60.0 Å². The molecule has 5 heterocycles. The van der Waals surface area contributed by atoms with Gasteiger partial charge in [0.2, 0.25) is 0 Å². The van der Waals surface area contributed by atoms with Gasteiger partial charge in [0.05, 0.1) is 23.8 Å². The summed E-state index contributed by atoms with van der Waals surface area (Å²) in [7, 11) is 0. The summed E-state index contributed by atoms with van der Waals surface area (Å²) in [5, 5.41) is 7.09. The summed E-state index contributed by atoms with van der Waals surface area (Å²) in [6.07, 6.45) is 3.04. The summed E-state index contributed by atoms with van der Waals surface area (Å²) < 4.78 is 50.4. The number of ether oxygens (including phenoxy) is 1. The van der Waals surface area contributed by atoms with Crippen LogP contribution < -0.4 is 10.1 Å². The van der Waals surface area contributed by atoms with E-state index >= 15 is 0 Å². The lowest BCUT2D eigenvalue weighted by molar-refractivity contribution is -0.138. The number of aromatic amines is 1. The van der Waals surface area contributed by atoms with Crippen molar-refractivity contribution >= 4 is 17.2 Å². The van der Waals surface area contributed by atoms with E-state index in [1.54, 1.807) is 40.3 Å². The molecule has 5 aromatic rings. The first-order chi connectivity index (χ1) is 22.7. The molecule has 0 unspecified atom stereocenters. The minimum absolute atomic E-state index is 0.118. The van der Waals surface area contributed by atoms with E-state index in [4.69, 9.17) is 4.74 Å². The molecule has 0 saturated carbocycles. The summed E-state index contributed by atoms with van der Waals surface area (Å²) in [5.74, 6) is 1.21. The van der Waals surface area contributed by atoms with Crippen molar-refractivity contribution in [3.63, 3.8) is 0 Å². The summed E-state index contributed by atoms with van der Waals surface area (Å²) in [5.41, 5.74) is 4.07. The fourth-order valence-corrected chi connectivity index (χ4v) is 6.29. The van der Waals surface area contributed by atoms with Gasteiger partial charge in [-0.15, -0.1) is 0 Å². The third-order valence-electron chi connectivity index (χ3n) is 8.94. The number of fused-ring (bicyclic) bond motifs is 2. The third-order valence-corrected chi connectivity index (χ3v) is 8.94. The predicted octanol–water partition coefficient (Wildman–Crippen LogP) is 6.26. The van der Waals surface area contributed by atoms with Crippen LogP contribution in [0.1, 0.15) is 29.2 Å². The Labute approximate surface area is 269 Å². The number of benzene rings is 2. The van der Waals surface area contributed by atoms with Crippen molar-refractivity contribution < 1.29 is 22.7 Å². The summed E-state index contributed by atoms with van der Waals surface area (Å²) in [4.78, 5) is 26.5. The Morgan fingerprint density at radius 2 is 1.83 bits per heavy atom. The van der Waals surface area contributed by atoms with Crippen molar-refractivity contribution in [2.45, 2.75) is 32.6 Å². The predicted molar refractivity (Wildman–Crippen MR) is 171 cm³/mol. The molecular weight excluding hydrogens is 609 g/mol. The van der Waals surface area contributed by atoms with Crippen LogP contribution in [0.15, 0.2) is 73.4 Å². The minimum atomic E-state index is -4.54. The van der Waals surface area contributed by atoms with Gasteiger partial charge in [-0.2, -0.15) is 18.3 Å². The standard InChI is InChI=1S/C34H35F3N8O2/c1-2-42-11-13-43(14-12-42)19-24-3-5-27(17-29(24)34(35,36)37)41-33(46)44-10-8-23-4-6-28(15-25(23)20-44)47-32-7-9-40-45-21-26(16-31(32)45)30-18-38-22-39-30/h3-7,9,15-18,21-22H,2,8,10-14,19-20H2,1H3,(H,38,39)(H,41,46). The van der Waals surface area contributed by atoms with E-state index in [0.717, 1.165) is 66.7 Å². The van der Waals surface area contributed by atoms with Gasteiger partial charge in [0.1, 0.15) is 11.3 Å². The normalized spacial score (nSPS) is 16.0. The molecule has 47 heavy (non-hydrogen) atoms. The molecule has 244 valence electrons. The highest BCUT2D eigenvalue weighted by atomic mass is 19.4. The van der Waals surface area contributed by atoms with Crippen LogP contribution in [-0.2, 0) is 25.7 Å². The summed E-state index contributed by atoms with van der Waals surface area (Å²) in [6.45, 7) is 7.10.